The third-order valence-corrected chi connectivity index (χ3v) is 6.76. The Morgan fingerprint density at radius 3 is 2.64 bits per heavy atom. The number of nitrogens with zero attached hydrogens (tertiary/aromatic N) is 2. The SMILES string of the molecule is O=C(O)N1CC2CC1CC2OCc1c(-c2c(Cl)cccc2Cl)noc1C1CC1. The van der Waals surface area contributed by atoms with E-state index in [1.807, 2.05) is 0 Å². The van der Waals surface area contributed by atoms with E-state index < -0.39 is 6.09 Å². The van der Waals surface area contributed by atoms with E-state index in [1.54, 1.807) is 18.2 Å². The van der Waals surface area contributed by atoms with E-state index >= 15 is 0 Å². The van der Waals surface area contributed by atoms with Gasteiger partial charge in [0.2, 0.25) is 0 Å². The molecule has 3 fully saturated rings. The number of benzene rings is 1. The van der Waals surface area contributed by atoms with Gasteiger partial charge in [0.15, 0.2) is 0 Å². The number of aromatic nitrogens is 1. The first-order valence-electron chi connectivity index (χ1n) is 9.57. The van der Waals surface area contributed by atoms with Gasteiger partial charge in [-0.15, -0.1) is 0 Å². The molecule has 1 aliphatic heterocycles. The lowest BCUT2D eigenvalue weighted by Gasteiger charge is -2.29. The summed E-state index contributed by atoms with van der Waals surface area (Å²) in [5, 5.41) is 14.6. The van der Waals surface area contributed by atoms with E-state index in [2.05, 4.69) is 5.16 Å². The highest BCUT2D eigenvalue weighted by molar-refractivity contribution is 6.39. The number of likely N-dealkylation sites (tertiary alicyclic amines) is 1. The molecule has 2 aromatic rings. The van der Waals surface area contributed by atoms with E-state index in [0.29, 0.717) is 40.4 Å². The summed E-state index contributed by atoms with van der Waals surface area (Å²) in [5.74, 6) is 1.49. The molecule has 3 aliphatic rings. The third kappa shape index (κ3) is 3.08. The molecular formula is C20H20Cl2N2O4. The number of amides is 1. The molecule has 0 spiro atoms. The van der Waals surface area contributed by atoms with Gasteiger partial charge in [-0.1, -0.05) is 34.4 Å². The fourth-order valence-corrected chi connectivity index (χ4v) is 5.16. The van der Waals surface area contributed by atoms with Crippen LogP contribution in [0.1, 0.15) is 42.9 Å². The molecule has 3 unspecified atom stereocenters. The van der Waals surface area contributed by atoms with Gasteiger partial charge in [0.05, 0.1) is 22.8 Å². The van der Waals surface area contributed by atoms with E-state index in [9.17, 15) is 9.90 Å². The highest BCUT2D eigenvalue weighted by Crippen LogP contribution is 2.47. The lowest BCUT2D eigenvalue weighted by atomic mass is 10.0. The third-order valence-electron chi connectivity index (χ3n) is 6.13. The largest absolute Gasteiger partial charge is 0.465 e. The second kappa shape index (κ2) is 6.94. The van der Waals surface area contributed by atoms with Crippen molar-refractivity contribution in [3.05, 3.63) is 39.6 Å². The first-order chi connectivity index (χ1) is 13.5. The van der Waals surface area contributed by atoms with Crippen LogP contribution in [0.3, 0.4) is 0 Å². The number of carbonyl (C=O) groups is 1. The Kier molecular flexibility index (Phi) is 4.53. The number of hydrogen-bond donors (Lipinski definition) is 1. The van der Waals surface area contributed by atoms with Crippen LogP contribution in [0.5, 0.6) is 0 Å². The fraction of sp³-hybridized carbons (Fsp3) is 0.500. The zero-order chi connectivity index (χ0) is 19.4. The smallest absolute Gasteiger partial charge is 0.407 e. The van der Waals surface area contributed by atoms with Gasteiger partial charge in [0.25, 0.3) is 0 Å². The standard InChI is InChI=1S/C20H20Cl2N2O4/c21-14-2-1-3-15(22)17(14)18-13(19(28-23-18)10-4-5-10)9-27-16-7-12-6-11(16)8-24(12)20(25)26/h1-3,10-12,16H,4-9H2,(H,25,26). The Morgan fingerprint density at radius 2 is 2.04 bits per heavy atom. The summed E-state index contributed by atoms with van der Waals surface area (Å²) in [5.41, 5.74) is 2.23. The summed E-state index contributed by atoms with van der Waals surface area (Å²) < 4.78 is 11.9. The minimum absolute atomic E-state index is 0.0529. The molecule has 2 heterocycles. The topological polar surface area (TPSA) is 75.8 Å². The molecule has 1 N–H and O–H groups in total. The number of rotatable bonds is 5. The Labute approximate surface area is 172 Å². The van der Waals surface area contributed by atoms with Crippen molar-refractivity contribution < 1.29 is 19.2 Å². The number of ether oxygens (including phenoxy) is 1. The molecule has 6 nitrogen and oxygen atoms in total. The summed E-state index contributed by atoms with van der Waals surface area (Å²) in [6, 6.07) is 5.44. The van der Waals surface area contributed by atoms with Crippen molar-refractivity contribution >= 4 is 29.3 Å². The average Bonchev–Trinajstić information content (AvgIpc) is 3.11. The fourth-order valence-electron chi connectivity index (χ4n) is 4.58. The second-order valence-corrected chi connectivity index (χ2v) is 8.73. The van der Waals surface area contributed by atoms with Gasteiger partial charge in [-0.05, 0) is 37.8 Å². The number of halogens is 2. The van der Waals surface area contributed by atoms with Gasteiger partial charge in [-0.3, -0.25) is 0 Å². The van der Waals surface area contributed by atoms with E-state index in [0.717, 1.165) is 37.0 Å². The summed E-state index contributed by atoms with van der Waals surface area (Å²) in [4.78, 5) is 12.8. The molecule has 8 heteroatoms. The van der Waals surface area contributed by atoms with Gasteiger partial charge in [-0.25, -0.2) is 4.79 Å². The lowest BCUT2D eigenvalue weighted by Crippen LogP contribution is -2.41. The molecule has 2 bridgehead atoms. The second-order valence-electron chi connectivity index (χ2n) is 7.91. The maximum atomic E-state index is 11.3. The minimum atomic E-state index is -0.836. The highest BCUT2D eigenvalue weighted by Gasteiger charge is 2.47. The number of piperidine rings is 1. The van der Waals surface area contributed by atoms with Crippen LogP contribution in [-0.4, -0.2) is 39.9 Å². The molecule has 1 saturated heterocycles. The molecule has 2 aliphatic carbocycles. The number of carboxylic acid groups (broad SMARTS) is 1. The molecule has 5 rings (SSSR count). The first-order valence-corrected chi connectivity index (χ1v) is 10.3. The Balaban J connectivity index is 1.38. The Morgan fingerprint density at radius 1 is 1.29 bits per heavy atom. The summed E-state index contributed by atoms with van der Waals surface area (Å²) in [7, 11) is 0. The molecule has 1 amide bonds. The zero-order valence-corrected chi connectivity index (χ0v) is 16.6. The van der Waals surface area contributed by atoms with Crippen LogP contribution in [0, 0.1) is 5.92 Å². The van der Waals surface area contributed by atoms with E-state index in [-0.39, 0.29) is 18.1 Å². The molecular weight excluding hydrogens is 403 g/mol. The predicted octanol–water partition coefficient (Wildman–Crippen LogP) is 5.18. The molecule has 1 aromatic carbocycles. The number of hydrogen-bond acceptors (Lipinski definition) is 4. The summed E-state index contributed by atoms with van der Waals surface area (Å²) >= 11 is 12.8. The van der Waals surface area contributed by atoms with Gasteiger partial charge >= 0.3 is 6.09 Å². The summed E-state index contributed by atoms with van der Waals surface area (Å²) in [6.07, 6.45) is 3.00. The van der Waals surface area contributed by atoms with Crippen molar-refractivity contribution in [3.63, 3.8) is 0 Å². The first kappa shape index (κ1) is 18.3. The van der Waals surface area contributed by atoms with Crippen LogP contribution < -0.4 is 0 Å². The Bertz CT molecular complexity index is 907. The molecule has 1 aromatic heterocycles. The van der Waals surface area contributed by atoms with Crippen LogP contribution in [0.2, 0.25) is 10.0 Å². The van der Waals surface area contributed by atoms with Crippen molar-refractivity contribution in [3.8, 4) is 11.3 Å². The van der Waals surface area contributed by atoms with Crippen molar-refractivity contribution in [2.45, 2.75) is 50.4 Å². The molecule has 2 saturated carbocycles. The maximum Gasteiger partial charge on any atom is 0.407 e. The minimum Gasteiger partial charge on any atom is -0.465 e. The maximum absolute atomic E-state index is 11.3. The van der Waals surface area contributed by atoms with Gasteiger partial charge in [0, 0.05) is 35.5 Å². The van der Waals surface area contributed by atoms with E-state index in [1.165, 1.54) is 4.90 Å². The van der Waals surface area contributed by atoms with E-state index in [4.69, 9.17) is 32.5 Å². The van der Waals surface area contributed by atoms with Crippen LogP contribution >= 0.6 is 23.2 Å². The van der Waals surface area contributed by atoms with Crippen LogP contribution in [0.25, 0.3) is 11.3 Å². The van der Waals surface area contributed by atoms with Crippen LogP contribution in [-0.2, 0) is 11.3 Å². The predicted molar refractivity (Wildman–Crippen MR) is 104 cm³/mol. The van der Waals surface area contributed by atoms with Crippen LogP contribution in [0.15, 0.2) is 22.7 Å². The molecule has 0 radical (unpaired) electrons. The molecule has 148 valence electrons. The van der Waals surface area contributed by atoms with Crippen molar-refractivity contribution in [1.82, 2.24) is 10.1 Å². The summed E-state index contributed by atoms with van der Waals surface area (Å²) in [6.45, 7) is 0.917. The molecule has 28 heavy (non-hydrogen) atoms. The quantitative estimate of drug-likeness (QED) is 0.717. The van der Waals surface area contributed by atoms with Gasteiger partial charge in [-0.2, -0.15) is 0 Å². The normalized spacial score (nSPS) is 26.2. The van der Waals surface area contributed by atoms with Crippen molar-refractivity contribution in [1.29, 1.82) is 0 Å². The highest BCUT2D eigenvalue weighted by atomic mass is 35.5. The van der Waals surface area contributed by atoms with Crippen molar-refractivity contribution in [2.24, 2.45) is 5.92 Å². The zero-order valence-electron chi connectivity index (χ0n) is 15.1. The van der Waals surface area contributed by atoms with Crippen LogP contribution in [0.4, 0.5) is 4.79 Å². The van der Waals surface area contributed by atoms with Crippen molar-refractivity contribution in [2.75, 3.05) is 6.54 Å². The molecule has 3 atom stereocenters. The lowest BCUT2D eigenvalue weighted by molar-refractivity contribution is -0.00788. The average molecular weight is 423 g/mol. The van der Waals surface area contributed by atoms with Gasteiger partial charge < -0.3 is 19.3 Å². The number of fused-ring (bicyclic) bond motifs is 2. The van der Waals surface area contributed by atoms with Gasteiger partial charge in [0.1, 0.15) is 11.5 Å². The Hall–Kier alpha value is -1.76. The monoisotopic (exact) mass is 422 g/mol.